The first-order valence-electron chi connectivity index (χ1n) is 5.47. The van der Waals surface area contributed by atoms with Gasteiger partial charge in [0.15, 0.2) is 11.7 Å². The third-order valence-electron chi connectivity index (χ3n) is 2.44. The van der Waals surface area contributed by atoms with Crippen LogP contribution in [0.4, 0.5) is 0 Å². The monoisotopic (exact) mass is 246 g/mol. The smallest absolute Gasteiger partial charge is 0.190 e. The van der Waals surface area contributed by atoms with Gasteiger partial charge < -0.3 is 10.9 Å². The van der Waals surface area contributed by atoms with E-state index < -0.39 is 0 Å². The van der Waals surface area contributed by atoms with Crippen molar-refractivity contribution in [3.8, 4) is 5.82 Å². The summed E-state index contributed by atoms with van der Waals surface area (Å²) >= 11 is 0. The molecule has 0 unspecified atom stereocenters. The van der Waals surface area contributed by atoms with E-state index in [1.54, 1.807) is 4.68 Å². The van der Waals surface area contributed by atoms with E-state index in [4.69, 9.17) is 10.9 Å². The van der Waals surface area contributed by atoms with Crippen molar-refractivity contribution in [1.29, 1.82) is 0 Å². The zero-order chi connectivity index (χ0) is 13.1. The highest BCUT2D eigenvalue weighted by Gasteiger charge is 2.07. The lowest BCUT2D eigenvalue weighted by Gasteiger charge is -2.02. The minimum atomic E-state index is -0.0719. The van der Waals surface area contributed by atoms with Crippen molar-refractivity contribution in [2.75, 3.05) is 0 Å². The van der Waals surface area contributed by atoms with Gasteiger partial charge >= 0.3 is 0 Å². The Balaban J connectivity index is 2.28. The van der Waals surface area contributed by atoms with Crippen LogP contribution in [0.1, 0.15) is 31.2 Å². The van der Waals surface area contributed by atoms with E-state index >= 15 is 0 Å². The maximum atomic E-state index is 8.52. The first kappa shape index (κ1) is 12.0. The highest BCUT2D eigenvalue weighted by Crippen LogP contribution is 2.12. The molecule has 0 aliphatic heterocycles. The lowest BCUT2D eigenvalue weighted by atomic mass is 10.1. The van der Waals surface area contributed by atoms with Crippen molar-refractivity contribution in [2.24, 2.45) is 10.9 Å². The summed E-state index contributed by atoms with van der Waals surface area (Å²) in [4.78, 5) is 8.20. The molecule has 0 fully saturated rings. The van der Waals surface area contributed by atoms with Crippen LogP contribution < -0.4 is 5.73 Å². The fourth-order valence-corrected chi connectivity index (χ4v) is 1.40. The van der Waals surface area contributed by atoms with Gasteiger partial charge in [-0.2, -0.15) is 5.10 Å². The van der Waals surface area contributed by atoms with Crippen LogP contribution in [0.5, 0.6) is 0 Å². The molecule has 7 heteroatoms. The van der Waals surface area contributed by atoms with Gasteiger partial charge in [0.2, 0.25) is 0 Å². The van der Waals surface area contributed by atoms with E-state index in [1.807, 2.05) is 12.3 Å². The number of nitrogens with two attached hydrogens (primary N) is 1. The van der Waals surface area contributed by atoms with Crippen LogP contribution in [0.15, 0.2) is 29.8 Å². The molecule has 0 saturated heterocycles. The summed E-state index contributed by atoms with van der Waals surface area (Å²) in [6.45, 7) is 4.14. The largest absolute Gasteiger partial charge is 0.409 e. The standard InChI is InChI=1S/C11H14N6O/c1-7(2)8-3-4-17(15-8)10-6-13-9(5-14-10)11(12)16-18/h3-7,18H,1-2H3,(H2,12,16). The molecule has 0 amide bonds. The molecule has 2 aromatic heterocycles. The number of hydrogen-bond donors (Lipinski definition) is 2. The summed E-state index contributed by atoms with van der Waals surface area (Å²) in [5.41, 5.74) is 6.70. The van der Waals surface area contributed by atoms with E-state index in [-0.39, 0.29) is 5.84 Å². The van der Waals surface area contributed by atoms with Gasteiger partial charge in [0.25, 0.3) is 0 Å². The summed E-state index contributed by atoms with van der Waals surface area (Å²) in [7, 11) is 0. The van der Waals surface area contributed by atoms with Gasteiger partial charge in [0.1, 0.15) is 5.69 Å². The Hall–Kier alpha value is -2.44. The van der Waals surface area contributed by atoms with Crippen molar-refractivity contribution in [3.63, 3.8) is 0 Å². The molecule has 0 saturated carbocycles. The summed E-state index contributed by atoms with van der Waals surface area (Å²) in [6, 6.07) is 1.93. The Morgan fingerprint density at radius 3 is 2.67 bits per heavy atom. The van der Waals surface area contributed by atoms with Crippen molar-refractivity contribution in [3.05, 3.63) is 36.0 Å². The predicted octanol–water partition coefficient (Wildman–Crippen LogP) is 0.880. The van der Waals surface area contributed by atoms with Crippen LogP contribution in [-0.2, 0) is 0 Å². The number of rotatable bonds is 3. The normalized spacial score (nSPS) is 12.1. The summed E-state index contributed by atoms with van der Waals surface area (Å²) < 4.78 is 1.64. The Kier molecular flexibility index (Phi) is 3.22. The molecule has 18 heavy (non-hydrogen) atoms. The fraction of sp³-hybridized carbons (Fsp3) is 0.273. The maximum Gasteiger partial charge on any atom is 0.190 e. The number of oxime groups is 1. The number of nitrogens with zero attached hydrogens (tertiary/aromatic N) is 5. The maximum absolute atomic E-state index is 8.52. The summed E-state index contributed by atoms with van der Waals surface area (Å²) in [6.07, 6.45) is 4.77. The molecule has 0 aliphatic rings. The molecule has 0 aromatic carbocycles. The molecule has 0 bridgehead atoms. The topological polar surface area (TPSA) is 102 Å². The second-order valence-electron chi connectivity index (χ2n) is 4.08. The third-order valence-corrected chi connectivity index (χ3v) is 2.44. The van der Waals surface area contributed by atoms with Crippen LogP contribution in [-0.4, -0.2) is 30.8 Å². The molecular formula is C11H14N6O. The average Bonchev–Trinajstić information content (AvgIpc) is 2.88. The van der Waals surface area contributed by atoms with Gasteiger partial charge in [-0.25, -0.2) is 14.6 Å². The lowest BCUT2D eigenvalue weighted by molar-refractivity contribution is 0.318. The Morgan fingerprint density at radius 1 is 1.39 bits per heavy atom. The Bertz CT molecular complexity index is 557. The fourth-order valence-electron chi connectivity index (χ4n) is 1.40. The van der Waals surface area contributed by atoms with Crippen molar-refractivity contribution in [1.82, 2.24) is 19.7 Å². The highest BCUT2D eigenvalue weighted by atomic mass is 16.4. The molecule has 2 rings (SSSR count). The summed E-state index contributed by atoms with van der Waals surface area (Å²) in [5.74, 6) is 0.865. The molecule has 7 nitrogen and oxygen atoms in total. The molecule has 0 spiro atoms. The first-order chi connectivity index (χ1) is 8.61. The van der Waals surface area contributed by atoms with E-state index in [0.717, 1.165) is 5.69 Å². The molecule has 3 N–H and O–H groups in total. The van der Waals surface area contributed by atoms with Gasteiger partial charge in [0, 0.05) is 6.20 Å². The van der Waals surface area contributed by atoms with Gasteiger partial charge in [-0.1, -0.05) is 19.0 Å². The average molecular weight is 246 g/mol. The van der Waals surface area contributed by atoms with E-state index in [0.29, 0.717) is 17.4 Å². The molecule has 0 atom stereocenters. The lowest BCUT2D eigenvalue weighted by Crippen LogP contribution is -2.15. The van der Waals surface area contributed by atoms with Gasteiger partial charge in [-0.05, 0) is 12.0 Å². The van der Waals surface area contributed by atoms with Crippen LogP contribution >= 0.6 is 0 Å². The number of hydrogen-bond acceptors (Lipinski definition) is 5. The second kappa shape index (κ2) is 4.82. The first-order valence-corrected chi connectivity index (χ1v) is 5.47. The van der Waals surface area contributed by atoms with E-state index in [1.165, 1.54) is 12.4 Å². The molecule has 0 aliphatic carbocycles. The van der Waals surface area contributed by atoms with E-state index in [9.17, 15) is 0 Å². The molecule has 0 radical (unpaired) electrons. The minimum Gasteiger partial charge on any atom is -0.409 e. The molecule has 2 heterocycles. The molecular weight excluding hydrogens is 232 g/mol. The number of aromatic nitrogens is 4. The third kappa shape index (κ3) is 2.29. The zero-order valence-corrected chi connectivity index (χ0v) is 10.1. The van der Waals surface area contributed by atoms with Crippen LogP contribution in [0.2, 0.25) is 0 Å². The van der Waals surface area contributed by atoms with Crippen molar-refractivity contribution >= 4 is 5.84 Å². The predicted molar refractivity (Wildman–Crippen MR) is 65.8 cm³/mol. The van der Waals surface area contributed by atoms with Gasteiger partial charge in [-0.15, -0.1) is 0 Å². The minimum absolute atomic E-state index is 0.0719. The van der Waals surface area contributed by atoms with Crippen LogP contribution in [0, 0.1) is 0 Å². The molecule has 94 valence electrons. The Labute approximate surface area is 104 Å². The zero-order valence-electron chi connectivity index (χ0n) is 10.1. The quantitative estimate of drug-likeness (QED) is 0.362. The van der Waals surface area contributed by atoms with Crippen molar-refractivity contribution in [2.45, 2.75) is 19.8 Å². The molecule has 2 aromatic rings. The number of amidine groups is 1. The Morgan fingerprint density at radius 2 is 2.17 bits per heavy atom. The van der Waals surface area contributed by atoms with Crippen LogP contribution in [0.3, 0.4) is 0 Å². The van der Waals surface area contributed by atoms with Crippen molar-refractivity contribution < 1.29 is 5.21 Å². The SMILES string of the molecule is CC(C)c1ccn(-c2cnc(C(N)=NO)cn2)n1. The van der Waals surface area contributed by atoms with Gasteiger partial charge in [-0.3, -0.25) is 0 Å². The van der Waals surface area contributed by atoms with Gasteiger partial charge in [0.05, 0.1) is 18.1 Å². The summed E-state index contributed by atoms with van der Waals surface area (Å²) in [5, 5.41) is 15.8. The van der Waals surface area contributed by atoms with E-state index in [2.05, 4.69) is 34.1 Å². The second-order valence-corrected chi connectivity index (χ2v) is 4.08. The highest BCUT2D eigenvalue weighted by molar-refractivity contribution is 5.94. The van der Waals surface area contributed by atoms with Crippen LogP contribution in [0.25, 0.3) is 5.82 Å².